The van der Waals surface area contributed by atoms with Crippen molar-refractivity contribution in [2.75, 3.05) is 5.75 Å². The fraction of sp³-hybridized carbons (Fsp3) is 0.320. The van der Waals surface area contributed by atoms with Crippen LogP contribution in [-0.2, 0) is 20.9 Å². The van der Waals surface area contributed by atoms with Gasteiger partial charge in [0.25, 0.3) is 5.91 Å². The van der Waals surface area contributed by atoms with Gasteiger partial charge in [0, 0.05) is 18.2 Å². The van der Waals surface area contributed by atoms with Crippen LogP contribution >= 0.6 is 11.8 Å². The molecule has 2 aliphatic rings. The van der Waals surface area contributed by atoms with Crippen LogP contribution in [0.1, 0.15) is 37.8 Å². The third-order valence-corrected chi connectivity index (χ3v) is 6.55. The molecule has 0 aromatic heterocycles. The Bertz CT molecular complexity index is 1150. The lowest BCUT2D eigenvalue weighted by Gasteiger charge is -2.25. The van der Waals surface area contributed by atoms with E-state index in [0.717, 1.165) is 17.5 Å². The van der Waals surface area contributed by atoms with Crippen molar-refractivity contribution in [1.29, 1.82) is 0 Å². The molecule has 9 heteroatoms. The summed E-state index contributed by atoms with van der Waals surface area (Å²) < 4.78 is 0. The van der Waals surface area contributed by atoms with E-state index in [9.17, 15) is 14.4 Å². The first-order valence-electron chi connectivity index (χ1n) is 11.3. The summed E-state index contributed by atoms with van der Waals surface area (Å²) >= 11 is 1.19. The third kappa shape index (κ3) is 5.36. The number of amides is 3. The fourth-order valence-corrected chi connectivity index (χ4v) is 4.44. The molecule has 0 saturated carbocycles. The molecule has 2 heterocycles. The van der Waals surface area contributed by atoms with Gasteiger partial charge >= 0.3 is 0 Å². The minimum atomic E-state index is -0.836. The zero-order valence-corrected chi connectivity index (χ0v) is 20.0. The molecule has 2 aliphatic heterocycles. The quantitative estimate of drug-likeness (QED) is 0.610. The van der Waals surface area contributed by atoms with Crippen molar-refractivity contribution in [1.82, 2.24) is 15.5 Å². The summed E-state index contributed by atoms with van der Waals surface area (Å²) in [6, 6.07) is 16.2. The van der Waals surface area contributed by atoms with Crippen LogP contribution < -0.4 is 10.6 Å². The SMILES string of the molecule is CC[C@@H](C)NC(=O)CSC1=Nc2ccccc2C2=N[C@H](CC(=O)NCc3ccccc3)C(=O)N12. The van der Waals surface area contributed by atoms with Crippen molar-refractivity contribution in [2.45, 2.75) is 45.3 Å². The minimum Gasteiger partial charge on any atom is -0.353 e. The van der Waals surface area contributed by atoms with Crippen molar-refractivity contribution in [3.05, 3.63) is 65.7 Å². The van der Waals surface area contributed by atoms with Gasteiger partial charge in [-0.2, -0.15) is 0 Å². The largest absolute Gasteiger partial charge is 0.353 e. The summed E-state index contributed by atoms with van der Waals surface area (Å²) in [6.45, 7) is 4.33. The number of rotatable bonds is 8. The lowest BCUT2D eigenvalue weighted by Crippen LogP contribution is -2.42. The first kappa shape index (κ1) is 23.7. The molecule has 0 spiro atoms. The average Bonchev–Trinajstić information content (AvgIpc) is 3.18. The molecular formula is C25H27N5O3S. The fourth-order valence-electron chi connectivity index (χ4n) is 3.62. The van der Waals surface area contributed by atoms with Crippen molar-refractivity contribution < 1.29 is 14.4 Å². The Morgan fingerprint density at radius 3 is 2.59 bits per heavy atom. The average molecular weight is 478 g/mol. The standard InChI is InChI=1S/C25H27N5O3S/c1-3-16(2)27-22(32)15-34-25-29-19-12-8-7-11-18(19)23-28-20(24(33)30(23)25)13-21(31)26-14-17-9-5-4-6-10-17/h4-12,16,20H,3,13-15H2,1-2H3,(H,26,31)(H,27,32)/t16-,20-/m1/s1. The third-order valence-electron chi connectivity index (χ3n) is 5.61. The van der Waals surface area contributed by atoms with Gasteiger partial charge in [-0.25, -0.2) is 9.89 Å². The topological polar surface area (TPSA) is 103 Å². The molecule has 34 heavy (non-hydrogen) atoms. The highest BCUT2D eigenvalue weighted by Gasteiger charge is 2.42. The van der Waals surface area contributed by atoms with Crippen molar-refractivity contribution in [2.24, 2.45) is 9.98 Å². The highest BCUT2D eigenvalue weighted by molar-refractivity contribution is 8.14. The number of carbonyl (C=O) groups excluding carboxylic acids is 3. The maximum Gasteiger partial charge on any atom is 0.259 e. The smallest absolute Gasteiger partial charge is 0.259 e. The summed E-state index contributed by atoms with van der Waals surface area (Å²) in [7, 11) is 0. The van der Waals surface area contributed by atoms with Gasteiger partial charge in [-0.15, -0.1) is 0 Å². The number of amidine groups is 2. The number of nitrogens with one attached hydrogen (secondary N) is 2. The molecule has 4 rings (SSSR count). The van der Waals surface area contributed by atoms with E-state index in [-0.39, 0.29) is 35.9 Å². The van der Waals surface area contributed by atoms with E-state index in [0.29, 0.717) is 23.2 Å². The molecule has 2 aromatic carbocycles. The first-order chi connectivity index (χ1) is 16.5. The molecule has 176 valence electrons. The van der Waals surface area contributed by atoms with Gasteiger partial charge in [0.05, 0.1) is 17.9 Å². The van der Waals surface area contributed by atoms with Gasteiger partial charge in [-0.3, -0.25) is 19.4 Å². The van der Waals surface area contributed by atoms with Gasteiger partial charge in [0.15, 0.2) is 5.17 Å². The second kappa shape index (κ2) is 10.6. The van der Waals surface area contributed by atoms with Crippen molar-refractivity contribution >= 4 is 46.2 Å². The first-order valence-corrected chi connectivity index (χ1v) is 12.3. The number of hydrogen-bond donors (Lipinski definition) is 2. The van der Waals surface area contributed by atoms with Crippen LogP contribution in [-0.4, -0.2) is 51.5 Å². The summed E-state index contributed by atoms with van der Waals surface area (Å²) in [5.74, 6) is -0.0826. The highest BCUT2D eigenvalue weighted by atomic mass is 32.2. The number of fused-ring (bicyclic) bond motifs is 3. The molecule has 8 nitrogen and oxygen atoms in total. The minimum absolute atomic E-state index is 0.0553. The Hall–Kier alpha value is -3.46. The molecule has 0 unspecified atom stereocenters. The molecule has 0 radical (unpaired) electrons. The van der Waals surface area contributed by atoms with E-state index in [2.05, 4.69) is 20.6 Å². The number of carbonyl (C=O) groups is 3. The molecule has 0 saturated heterocycles. The Kier molecular flexibility index (Phi) is 7.42. The summed E-state index contributed by atoms with van der Waals surface area (Å²) in [5, 5.41) is 6.17. The van der Waals surface area contributed by atoms with E-state index >= 15 is 0 Å². The zero-order chi connectivity index (χ0) is 24.1. The normalized spacial score (nSPS) is 17.3. The second-order valence-corrected chi connectivity index (χ2v) is 9.13. The van der Waals surface area contributed by atoms with E-state index in [4.69, 9.17) is 0 Å². The summed E-state index contributed by atoms with van der Waals surface area (Å²) in [5.41, 5.74) is 2.40. The van der Waals surface area contributed by atoms with Crippen LogP contribution in [0.3, 0.4) is 0 Å². The molecule has 0 aliphatic carbocycles. The number of para-hydroxylation sites is 1. The Labute approximate surface area is 202 Å². The lowest BCUT2D eigenvalue weighted by molar-refractivity contribution is -0.128. The maximum absolute atomic E-state index is 13.3. The monoisotopic (exact) mass is 477 g/mol. The van der Waals surface area contributed by atoms with Gasteiger partial charge in [0.2, 0.25) is 11.8 Å². The Morgan fingerprint density at radius 2 is 1.82 bits per heavy atom. The number of hydrogen-bond acceptors (Lipinski definition) is 6. The van der Waals surface area contributed by atoms with Crippen LogP contribution in [0.15, 0.2) is 64.6 Å². The van der Waals surface area contributed by atoms with Crippen molar-refractivity contribution in [3.8, 4) is 0 Å². The van der Waals surface area contributed by atoms with Crippen LogP contribution in [0.2, 0.25) is 0 Å². The molecule has 2 atom stereocenters. The van der Waals surface area contributed by atoms with Crippen LogP contribution in [0.25, 0.3) is 0 Å². The maximum atomic E-state index is 13.3. The van der Waals surface area contributed by atoms with Crippen LogP contribution in [0, 0.1) is 0 Å². The summed E-state index contributed by atoms with van der Waals surface area (Å²) in [4.78, 5) is 48.8. The molecular weight excluding hydrogens is 450 g/mol. The zero-order valence-electron chi connectivity index (χ0n) is 19.2. The number of aliphatic imine (C=N–C) groups is 2. The van der Waals surface area contributed by atoms with E-state index in [1.807, 2.05) is 68.4 Å². The lowest BCUT2D eigenvalue weighted by atomic mass is 10.1. The number of thioether (sulfide) groups is 1. The van der Waals surface area contributed by atoms with Gasteiger partial charge in [0.1, 0.15) is 11.9 Å². The van der Waals surface area contributed by atoms with Crippen LogP contribution in [0.5, 0.6) is 0 Å². The Morgan fingerprint density at radius 1 is 1.09 bits per heavy atom. The molecule has 2 aromatic rings. The second-order valence-electron chi connectivity index (χ2n) is 8.19. The van der Waals surface area contributed by atoms with E-state index in [1.165, 1.54) is 16.7 Å². The number of nitrogens with zero attached hydrogens (tertiary/aromatic N) is 3. The Balaban J connectivity index is 1.47. The summed E-state index contributed by atoms with van der Waals surface area (Å²) in [6.07, 6.45) is 0.778. The number of benzene rings is 2. The van der Waals surface area contributed by atoms with E-state index < -0.39 is 6.04 Å². The van der Waals surface area contributed by atoms with E-state index in [1.54, 1.807) is 0 Å². The predicted octanol–water partition coefficient (Wildman–Crippen LogP) is 3.00. The van der Waals surface area contributed by atoms with Gasteiger partial charge in [-0.05, 0) is 31.0 Å². The van der Waals surface area contributed by atoms with Gasteiger partial charge < -0.3 is 10.6 Å². The molecule has 2 N–H and O–H groups in total. The predicted molar refractivity (Wildman–Crippen MR) is 134 cm³/mol. The molecule has 0 bridgehead atoms. The molecule has 3 amide bonds. The highest BCUT2D eigenvalue weighted by Crippen LogP contribution is 2.34. The molecule has 0 fully saturated rings. The van der Waals surface area contributed by atoms with Crippen LogP contribution in [0.4, 0.5) is 5.69 Å². The van der Waals surface area contributed by atoms with Crippen molar-refractivity contribution in [3.63, 3.8) is 0 Å². The van der Waals surface area contributed by atoms with Gasteiger partial charge in [-0.1, -0.05) is 61.2 Å².